The third-order valence-electron chi connectivity index (χ3n) is 4.97. The molecule has 0 saturated carbocycles. The van der Waals surface area contributed by atoms with Crippen molar-refractivity contribution in [1.29, 1.82) is 0 Å². The number of fused-ring (bicyclic) bond motifs is 1. The monoisotopic (exact) mass is 431 g/mol. The van der Waals surface area contributed by atoms with Crippen LogP contribution in [0.1, 0.15) is 25.3 Å². The van der Waals surface area contributed by atoms with Gasteiger partial charge in [-0.1, -0.05) is 68.1 Å². The van der Waals surface area contributed by atoms with Gasteiger partial charge in [-0.15, -0.1) is 10.2 Å². The smallest absolute Gasteiger partial charge is 0.234 e. The summed E-state index contributed by atoms with van der Waals surface area (Å²) in [6, 6.07) is 21.8. The van der Waals surface area contributed by atoms with Crippen molar-refractivity contribution in [2.24, 2.45) is 0 Å². The molecule has 31 heavy (non-hydrogen) atoms. The predicted molar refractivity (Wildman–Crippen MR) is 125 cm³/mol. The summed E-state index contributed by atoms with van der Waals surface area (Å²) < 4.78 is 13.3. The predicted octanol–water partition coefficient (Wildman–Crippen LogP) is 6.29. The van der Waals surface area contributed by atoms with Crippen LogP contribution in [0, 0.1) is 5.82 Å². The molecule has 1 heterocycles. The summed E-state index contributed by atoms with van der Waals surface area (Å²) in [6.07, 6.45) is 0. The zero-order chi connectivity index (χ0) is 21.8. The zero-order valence-corrected chi connectivity index (χ0v) is 18.1. The number of para-hydroxylation sites is 1. The Morgan fingerprint density at radius 1 is 0.935 bits per heavy atom. The summed E-state index contributed by atoms with van der Waals surface area (Å²) in [5.41, 5.74) is 3.43. The van der Waals surface area contributed by atoms with Crippen LogP contribution in [0.3, 0.4) is 0 Å². The molecule has 1 aromatic heterocycles. The van der Waals surface area contributed by atoms with E-state index in [1.54, 1.807) is 12.1 Å². The molecule has 0 spiro atoms. The Kier molecular flexibility index (Phi) is 6.28. The van der Waals surface area contributed by atoms with Gasteiger partial charge in [0, 0.05) is 22.0 Å². The van der Waals surface area contributed by atoms with Crippen LogP contribution >= 0.6 is 11.8 Å². The Hall–Kier alpha value is -3.25. The first-order chi connectivity index (χ1) is 15.0. The van der Waals surface area contributed by atoms with Gasteiger partial charge in [-0.3, -0.25) is 4.79 Å². The Balaban J connectivity index is 1.55. The largest absolute Gasteiger partial charge is 0.325 e. The van der Waals surface area contributed by atoms with E-state index in [2.05, 4.69) is 29.4 Å². The molecule has 4 rings (SSSR count). The summed E-state index contributed by atoms with van der Waals surface area (Å²) in [7, 11) is 0. The molecule has 0 unspecified atom stereocenters. The lowest BCUT2D eigenvalue weighted by Crippen LogP contribution is -2.15. The standard InChI is InChI=1S/C25H22FN3OS/c1-16(2)19-7-5-6-10-22(19)27-23(30)15-31-25-21-9-4-3-8-20(21)24(28-29-25)17-11-13-18(26)14-12-17/h3-14,16H,15H2,1-2H3,(H,27,30). The number of anilines is 1. The molecule has 3 aromatic carbocycles. The topological polar surface area (TPSA) is 54.9 Å². The van der Waals surface area contributed by atoms with E-state index >= 15 is 0 Å². The fourth-order valence-electron chi connectivity index (χ4n) is 3.44. The van der Waals surface area contributed by atoms with Crippen molar-refractivity contribution in [2.45, 2.75) is 24.8 Å². The highest BCUT2D eigenvalue weighted by molar-refractivity contribution is 8.00. The molecule has 0 fully saturated rings. The van der Waals surface area contributed by atoms with Gasteiger partial charge < -0.3 is 5.32 Å². The lowest BCUT2D eigenvalue weighted by molar-refractivity contribution is -0.113. The van der Waals surface area contributed by atoms with Crippen LogP contribution in [0.4, 0.5) is 10.1 Å². The first kappa shape index (κ1) is 21.0. The van der Waals surface area contributed by atoms with Gasteiger partial charge >= 0.3 is 0 Å². The fraction of sp³-hybridized carbons (Fsp3) is 0.160. The lowest BCUT2D eigenvalue weighted by Gasteiger charge is -2.13. The molecule has 4 nitrogen and oxygen atoms in total. The van der Waals surface area contributed by atoms with Gasteiger partial charge in [0.25, 0.3) is 0 Å². The summed E-state index contributed by atoms with van der Waals surface area (Å²) in [4.78, 5) is 12.6. The second kappa shape index (κ2) is 9.27. The molecule has 0 radical (unpaired) electrons. The highest BCUT2D eigenvalue weighted by Crippen LogP contribution is 2.32. The second-order valence-corrected chi connectivity index (χ2v) is 8.45. The van der Waals surface area contributed by atoms with Gasteiger partial charge in [0.15, 0.2) is 0 Å². The third kappa shape index (κ3) is 4.75. The zero-order valence-electron chi connectivity index (χ0n) is 17.3. The summed E-state index contributed by atoms with van der Waals surface area (Å²) >= 11 is 1.35. The third-order valence-corrected chi connectivity index (χ3v) is 5.95. The molecule has 1 amide bonds. The summed E-state index contributed by atoms with van der Waals surface area (Å²) in [5, 5.41) is 14.3. The number of halogens is 1. The highest BCUT2D eigenvalue weighted by Gasteiger charge is 2.14. The molecule has 0 saturated heterocycles. The number of amides is 1. The normalized spacial score (nSPS) is 11.1. The fourth-order valence-corrected chi connectivity index (χ4v) is 4.21. The van der Waals surface area contributed by atoms with E-state index in [9.17, 15) is 9.18 Å². The molecule has 0 aliphatic rings. The average Bonchev–Trinajstić information content (AvgIpc) is 2.78. The number of benzene rings is 3. The molecule has 0 atom stereocenters. The minimum absolute atomic E-state index is 0.0911. The van der Waals surface area contributed by atoms with Crippen molar-refractivity contribution >= 4 is 34.1 Å². The number of nitrogens with one attached hydrogen (secondary N) is 1. The van der Waals surface area contributed by atoms with Gasteiger partial charge in [-0.25, -0.2) is 4.39 Å². The maximum atomic E-state index is 13.3. The molecular weight excluding hydrogens is 409 g/mol. The van der Waals surface area contributed by atoms with E-state index in [1.165, 1.54) is 23.9 Å². The van der Waals surface area contributed by atoms with E-state index < -0.39 is 0 Å². The lowest BCUT2D eigenvalue weighted by atomic mass is 10.0. The summed E-state index contributed by atoms with van der Waals surface area (Å²) in [6.45, 7) is 4.20. The summed E-state index contributed by atoms with van der Waals surface area (Å²) in [5.74, 6) is 0.156. The van der Waals surface area contributed by atoms with Crippen molar-refractivity contribution in [1.82, 2.24) is 10.2 Å². The van der Waals surface area contributed by atoms with Gasteiger partial charge in [0.05, 0.1) is 5.75 Å². The van der Waals surface area contributed by atoms with Gasteiger partial charge in [-0.2, -0.15) is 0 Å². The molecular formula is C25H22FN3OS. The minimum Gasteiger partial charge on any atom is -0.325 e. The number of hydrogen-bond acceptors (Lipinski definition) is 4. The van der Waals surface area contributed by atoms with Crippen molar-refractivity contribution in [2.75, 3.05) is 11.1 Å². The molecule has 1 N–H and O–H groups in total. The molecule has 0 bridgehead atoms. The molecule has 4 aromatic rings. The van der Waals surface area contributed by atoms with Crippen LogP contribution in [0.2, 0.25) is 0 Å². The molecule has 0 aliphatic heterocycles. The first-order valence-electron chi connectivity index (χ1n) is 10.1. The quantitative estimate of drug-likeness (QED) is 0.365. The number of rotatable bonds is 6. The van der Waals surface area contributed by atoms with Crippen LogP contribution in [0.25, 0.3) is 22.0 Å². The van der Waals surface area contributed by atoms with E-state index in [4.69, 9.17) is 0 Å². The van der Waals surface area contributed by atoms with Crippen molar-refractivity contribution < 1.29 is 9.18 Å². The number of nitrogens with zero attached hydrogens (tertiary/aromatic N) is 2. The highest BCUT2D eigenvalue weighted by atomic mass is 32.2. The first-order valence-corrected chi connectivity index (χ1v) is 11.0. The van der Waals surface area contributed by atoms with Crippen LogP contribution in [-0.2, 0) is 4.79 Å². The average molecular weight is 432 g/mol. The van der Waals surface area contributed by atoms with Crippen LogP contribution < -0.4 is 5.32 Å². The van der Waals surface area contributed by atoms with E-state index in [0.29, 0.717) is 16.6 Å². The van der Waals surface area contributed by atoms with E-state index in [-0.39, 0.29) is 17.5 Å². The van der Waals surface area contributed by atoms with Gasteiger partial charge in [-0.05, 0) is 41.8 Å². The Morgan fingerprint density at radius 3 is 2.35 bits per heavy atom. The molecule has 156 valence electrons. The molecule has 0 aliphatic carbocycles. The number of thioether (sulfide) groups is 1. The van der Waals surface area contributed by atoms with Gasteiger partial charge in [0.2, 0.25) is 5.91 Å². The Morgan fingerprint density at radius 2 is 1.61 bits per heavy atom. The minimum atomic E-state index is -0.293. The molecule has 6 heteroatoms. The van der Waals surface area contributed by atoms with E-state index in [0.717, 1.165) is 27.6 Å². The Bertz CT molecular complexity index is 1230. The van der Waals surface area contributed by atoms with E-state index in [1.807, 2.05) is 48.5 Å². The Labute approximate surface area is 184 Å². The SMILES string of the molecule is CC(C)c1ccccc1NC(=O)CSc1nnc(-c2ccc(F)cc2)c2ccccc12. The number of carbonyl (C=O) groups excluding carboxylic acids is 1. The van der Waals surface area contributed by atoms with Crippen molar-refractivity contribution in [3.05, 3.63) is 84.2 Å². The van der Waals surface area contributed by atoms with Crippen molar-refractivity contribution in [3.63, 3.8) is 0 Å². The van der Waals surface area contributed by atoms with Crippen LogP contribution in [-0.4, -0.2) is 21.9 Å². The maximum absolute atomic E-state index is 13.3. The van der Waals surface area contributed by atoms with Crippen molar-refractivity contribution in [3.8, 4) is 11.3 Å². The number of carbonyl (C=O) groups is 1. The number of hydrogen-bond donors (Lipinski definition) is 1. The van der Waals surface area contributed by atoms with Crippen LogP contribution in [0.5, 0.6) is 0 Å². The maximum Gasteiger partial charge on any atom is 0.234 e. The van der Waals surface area contributed by atoms with Gasteiger partial charge in [0.1, 0.15) is 16.5 Å². The van der Waals surface area contributed by atoms with Crippen LogP contribution in [0.15, 0.2) is 77.8 Å². The second-order valence-electron chi connectivity index (χ2n) is 7.49. The number of aromatic nitrogens is 2.